The highest BCUT2D eigenvalue weighted by Crippen LogP contribution is 2.20. The Balaban J connectivity index is 3.00. The van der Waals surface area contributed by atoms with Crippen molar-refractivity contribution in [2.45, 2.75) is 18.2 Å². The molecule has 1 rings (SSSR count). The highest BCUT2D eigenvalue weighted by atomic mass is 127. The summed E-state index contributed by atoms with van der Waals surface area (Å²) >= 11 is 6.48. The summed E-state index contributed by atoms with van der Waals surface area (Å²) in [6.45, 7) is 1.60. The molecule has 3 heteroatoms. The maximum absolute atomic E-state index is 10.8. The predicted molar refractivity (Wildman–Crippen MR) is 60.8 cm³/mol. The average molecular weight is 292 g/mol. The second-order valence-electron chi connectivity index (χ2n) is 2.63. The molecule has 0 aromatic heterocycles. The van der Waals surface area contributed by atoms with E-state index in [1.165, 1.54) is 0 Å². The van der Waals surface area contributed by atoms with Crippen LogP contribution in [0, 0.1) is 3.57 Å². The molecule has 0 amide bonds. The highest BCUT2D eigenvalue weighted by Gasteiger charge is 2.04. The third kappa shape index (κ3) is 2.48. The Morgan fingerprint density at radius 2 is 2.25 bits per heavy atom. The number of hydrogen-bond acceptors (Lipinski definition) is 2. The van der Waals surface area contributed by atoms with Crippen molar-refractivity contribution in [3.05, 3.63) is 27.3 Å². The van der Waals surface area contributed by atoms with Crippen LogP contribution in [0.25, 0.3) is 0 Å². The zero-order valence-corrected chi connectivity index (χ0v) is 9.72. The second-order valence-corrected chi connectivity index (χ2v) is 4.19. The Kier molecular flexibility index (Phi) is 3.58. The van der Waals surface area contributed by atoms with Crippen LogP contribution in [0.1, 0.15) is 12.5 Å². The van der Waals surface area contributed by atoms with Crippen LogP contribution in [0.3, 0.4) is 0 Å². The summed E-state index contributed by atoms with van der Waals surface area (Å²) in [6.07, 6.45) is 0.507. The Morgan fingerprint density at radius 3 is 2.83 bits per heavy atom. The van der Waals surface area contributed by atoms with Crippen LogP contribution < -0.4 is 0 Å². The fourth-order valence-electron chi connectivity index (χ4n) is 0.971. The molecule has 0 unspecified atom stereocenters. The number of rotatable bonds is 2. The first kappa shape index (κ1) is 10.1. The van der Waals surface area contributed by atoms with Gasteiger partial charge in [-0.1, -0.05) is 12.1 Å². The maximum Gasteiger partial charge on any atom is 0.134 e. The van der Waals surface area contributed by atoms with Crippen LogP contribution in [0.2, 0.25) is 0 Å². The van der Waals surface area contributed by atoms with Crippen molar-refractivity contribution in [2.75, 3.05) is 0 Å². The average Bonchev–Trinajstić information content (AvgIpc) is 1.98. The summed E-state index contributed by atoms with van der Waals surface area (Å²) < 4.78 is 1.08. The molecule has 0 spiro atoms. The van der Waals surface area contributed by atoms with Gasteiger partial charge in [-0.05, 0) is 41.1 Å². The molecular formula is C9H9IOS. The monoisotopic (exact) mass is 292 g/mol. The largest absolute Gasteiger partial charge is 0.300 e. The van der Waals surface area contributed by atoms with Crippen LogP contribution >= 0.6 is 35.2 Å². The molecule has 1 aromatic carbocycles. The lowest BCUT2D eigenvalue weighted by atomic mass is 10.1. The van der Waals surface area contributed by atoms with Gasteiger partial charge in [0.15, 0.2) is 0 Å². The normalized spacial score (nSPS) is 9.92. The molecule has 0 N–H and O–H groups in total. The molecule has 1 aromatic rings. The Bertz CT molecular complexity index is 309. The number of carbonyl (C=O) groups excluding carboxylic acids is 1. The number of carbonyl (C=O) groups is 1. The van der Waals surface area contributed by atoms with E-state index in [0.717, 1.165) is 14.0 Å². The van der Waals surface area contributed by atoms with Crippen molar-refractivity contribution in [3.8, 4) is 0 Å². The van der Waals surface area contributed by atoms with E-state index < -0.39 is 0 Å². The Morgan fingerprint density at radius 1 is 1.58 bits per heavy atom. The van der Waals surface area contributed by atoms with Gasteiger partial charge in [0.1, 0.15) is 5.78 Å². The first-order valence-corrected chi connectivity index (χ1v) is 5.09. The van der Waals surface area contributed by atoms with Gasteiger partial charge in [0.05, 0.1) is 0 Å². The molecule has 0 aliphatic rings. The minimum atomic E-state index is 0.187. The number of benzene rings is 1. The van der Waals surface area contributed by atoms with E-state index in [4.69, 9.17) is 0 Å². The van der Waals surface area contributed by atoms with Gasteiger partial charge >= 0.3 is 0 Å². The molecule has 0 saturated carbocycles. The summed E-state index contributed by atoms with van der Waals surface area (Å²) in [7, 11) is 0. The molecule has 0 fully saturated rings. The topological polar surface area (TPSA) is 17.1 Å². The molecule has 0 aliphatic heterocycles. The van der Waals surface area contributed by atoms with Gasteiger partial charge < -0.3 is 0 Å². The van der Waals surface area contributed by atoms with Crippen LogP contribution in [0.5, 0.6) is 0 Å². The minimum absolute atomic E-state index is 0.187. The molecule has 64 valence electrons. The molecule has 0 radical (unpaired) electrons. The molecule has 1 nitrogen and oxygen atoms in total. The lowest BCUT2D eigenvalue weighted by Gasteiger charge is -2.03. The van der Waals surface area contributed by atoms with E-state index in [9.17, 15) is 4.79 Å². The summed E-state index contributed by atoms with van der Waals surface area (Å²) in [5.41, 5.74) is 1.07. The van der Waals surface area contributed by atoms with Crippen LogP contribution in [-0.2, 0) is 11.2 Å². The number of halogens is 1. The highest BCUT2D eigenvalue weighted by molar-refractivity contribution is 14.1. The van der Waals surface area contributed by atoms with Crippen molar-refractivity contribution in [3.63, 3.8) is 0 Å². The van der Waals surface area contributed by atoms with Gasteiger partial charge in [0, 0.05) is 14.9 Å². The number of thiol groups is 1. The minimum Gasteiger partial charge on any atom is -0.300 e. The number of Topliss-reactive ketones (excluding diaryl/α,β-unsaturated/α-hetero) is 1. The van der Waals surface area contributed by atoms with Crippen molar-refractivity contribution < 1.29 is 4.79 Å². The van der Waals surface area contributed by atoms with Gasteiger partial charge in [0.2, 0.25) is 0 Å². The fraction of sp³-hybridized carbons (Fsp3) is 0.222. The van der Waals surface area contributed by atoms with E-state index >= 15 is 0 Å². The van der Waals surface area contributed by atoms with Crippen molar-refractivity contribution in [1.29, 1.82) is 0 Å². The molecule has 0 heterocycles. The zero-order valence-electron chi connectivity index (χ0n) is 6.67. The maximum atomic E-state index is 10.8. The number of hydrogen-bond donors (Lipinski definition) is 1. The smallest absolute Gasteiger partial charge is 0.134 e. The van der Waals surface area contributed by atoms with Gasteiger partial charge in [-0.25, -0.2) is 0 Å². The van der Waals surface area contributed by atoms with Crippen molar-refractivity contribution in [1.82, 2.24) is 0 Å². The van der Waals surface area contributed by atoms with Crippen LogP contribution in [0.4, 0.5) is 0 Å². The number of ketones is 1. The lowest BCUT2D eigenvalue weighted by Crippen LogP contribution is -1.98. The molecule has 0 saturated heterocycles. The Labute approximate surface area is 91.1 Å². The lowest BCUT2D eigenvalue weighted by molar-refractivity contribution is -0.116. The second kappa shape index (κ2) is 4.28. The molecule has 12 heavy (non-hydrogen) atoms. The van der Waals surface area contributed by atoms with Gasteiger partial charge in [-0.2, -0.15) is 0 Å². The standard InChI is InChI=1S/C9H9IOS/c1-6(11)5-7-3-2-4-8(12)9(7)10/h2-4,12H,5H2,1H3. The summed E-state index contributed by atoms with van der Waals surface area (Å²) in [4.78, 5) is 11.8. The van der Waals surface area contributed by atoms with E-state index in [2.05, 4.69) is 35.2 Å². The van der Waals surface area contributed by atoms with Crippen molar-refractivity contribution >= 4 is 41.0 Å². The Hall–Kier alpha value is -0.0300. The van der Waals surface area contributed by atoms with Gasteiger partial charge in [-0.15, -0.1) is 12.6 Å². The van der Waals surface area contributed by atoms with Gasteiger partial charge in [-0.3, -0.25) is 4.79 Å². The van der Waals surface area contributed by atoms with E-state index in [1.807, 2.05) is 18.2 Å². The summed E-state index contributed by atoms with van der Waals surface area (Å²) in [6, 6.07) is 5.81. The first-order valence-electron chi connectivity index (χ1n) is 3.57. The first-order chi connectivity index (χ1) is 5.61. The van der Waals surface area contributed by atoms with Crippen LogP contribution in [-0.4, -0.2) is 5.78 Å². The van der Waals surface area contributed by atoms with E-state index in [0.29, 0.717) is 6.42 Å². The summed E-state index contributed by atoms with van der Waals surface area (Å²) in [5.74, 6) is 0.187. The molecular weight excluding hydrogens is 283 g/mol. The van der Waals surface area contributed by atoms with E-state index in [-0.39, 0.29) is 5.78 Å². The SMILES string of the molecule is CC(=O)Cc1cccc(S)c1I. The van der Waals surface area contributed by atoms with E-state index in [1.54, 1.807) is 6.92 Å². The summed E-state index contributed by atoms with van der Waals surface area (Å²) in [5, 5.41) is 0. The predicted octanol–water partition coefficient (Wildman–Crippen LogP) is 2.71. The molecule has 0 bridgehead atoms. The quantitative estimate of drug-likeness (QED) is 0.655. The fourth-order valence-corrected chi connectivity index (χ4v) is 1.75. The third-order valence-electron chi connectivity index (χ3n) is 1.50. The zero-order chi connectivity index (χ0) is 9.14. The van der Waals surface area contributed by atoms with Crippen molar-refractivity contribution in [2.24, 2.45) is 0 Å². The third-order valence-corrected chi connectivity index (χ3v) is 3.57. The molecule has 0 aliphatic carbocycles. The van der Waals surface area contributed by atoms with Gasteiger partial charge in [0.25, 0.3) is 0 Å². The molecule has 0 atom stereocenters. The van der Waals surface area contributed by atoms with Crippen LogP contribution in [0.15, 0.2) is 23.1 Å².